The zero-order valence-electron chi connectivity index (χ0n) is 12.4. The average Bonchev–Trinajstić information content (AvgIpc) is 2.88. The van der Waals surface area contributed by atoms with E-state index >= 15 is 0 Å². The molecule has 0 aromatic carbocycles. The molecule has 0 aliphatic rings. The molecule has 0 fully saturated rings. The number of pyridine rings is 1. The van der Waals surface area contributed by atoms with Crippen molar-refractivity contribution < 1.29 is 4.52 Å². The lowest BCUT2D eigenvalue weighted by Gasteiger charge is -2.14. The van der Waals surface area contributed by atoms with Crippen molar-refractivity contribution in [1.29, 1.82) is 0 Å². The first-order valence-electron chi connectivity index (χ1n) is 7.22. The third kappa shape index (κ3) is 3.87. The Kier molecular flexibility index (Phi) is 5.24. The van der Waals surface area contributed by atoms with Crippen LogP contribution in [-0.2, 0) is 6.42 Å². The lowest BCUT2D eigenvalue weighted by atomic mass is 10.1. The summed E-state index contributed by atoms with van der Waals surface area (Å²) in [4.78, 5) is 8.72. The summed E-state index contributed by atoms with van der Waals surface area (Å²) in [6, 6.07) is 4.30. The Morgan fingerprint density at radius 2 is 2.20 bits per heavy atom. The van der Waals surface area contributed by atoms with Gasteiger partial charge in [0.1, 0.15) is 5.69 Å². The number of hydrogen-bond donors (Lipinski definition) is 1. The molecule has 1 N–H and O–H groups in total. The Hall–Kier alpha value is -1.75. The van der Waals surface area contributed by atoms with Gasteiger partial charge in [0.2, 0.25) is 11.7 Å². The maximum absolute atomic E-state index is 5.34. The van der Waals surface area contributed by atoms with E-state index in [9.17, 15) is 0 Å². The normalized spacial score (nSPS) is 12.6. The highest BCUT2D eigenvalue weighted by atomic mass is 16.5. The van der Waals surface area contributed by atoms with Gasteiger partial charge in [-0.05, 0) is 37.6 Å². The number of nitrogens with zero attached hydrogens (tertiary/aromatic N) is 3. The Labute approximate surface area is 119 Å². The molecule has 5 nitrogen and oxygen atoms in total. The Morgan fingerprint density at radius 3 is 2.90 bits per heavy atom. The Bertz CT molecular complexity index is 532. The molecule has 20 heavy (non-hydrogen) atoms. The molecule has 0 radical (unpaired) electrons. The minimum absolute atomic E-state index is 0.392. The van der Waals surface area contributed by atoms with Crippen LogP contribution in [0.4, 0.5) is 0 Å². The van der Waals surface area contributed by atoms with Gasteiger partial charge < -0.3 is 9.84 Å². The van der Waals surface area contributed by atoms with E-state index in [-0.39, 0.29) is 0 Å². The van der Waals surface area contributed by atoms with Gasteiger partial charge in [-0.25, -0.2) is 0 Å². The lowest BCUT2D eigenvalue weighted by molar-refractivity contribution is 0.352. The third-order valence-corrected chi connectivity index (χ3v) is 3.16. The number of nitrogens with one attached hydrogen (secondary N) is 1. The zero-order chi connectivity index (χ0) is 14.4. The standard InChI is InChI=1S/C15H22N4O/c1-4-6-12(16-5-2)10-14-18-15(19-20-14)13-9-11(3)7-8-17-13/h7-9,12,16H,4-6,10H2,1-3H3. The Balaban J connectivity index is 2.08. The first-order valence-corrected chi connectivity index (χ1v) is 7.22. The van der Waals surface area contributed by atoms with E-state index in [4.69, 9.17) is 4.52 Å². The highest BCUT2D eigenvalue weighted by molar-refractivity contribution is 5.48. The van der Waals surface area contributed by atoms with Gasteiger partial charge in [0.05, 0.1) is 0 Å². The van der Waals surface area contributed by atoms with Crippen molar-refractivity contribution in [3.63, 3.8) is 0 Å². The SMILES string of the molecule is CCCC(Cc1nc(-c2cc(C)ccn2)no1)NCC. The van der Waals surface area contributed by atoms with Crippen LogP contribution in [0.2, 0.25) is 0 Å². The number of rotatable bonds is 7. The summed E-state index contributed by atoms with van der Waals surface area (Å²) in [5.74, 6) is 1.23. The van der Waals surface area contributed by atoms with Crippen molar-refractivity contribution in [3.05, 3.63) is 29.8 Å². The second-order valence-electron chi connectivity index (χ2n) is 4.98. The van der Waals surface area contributed by atoms with E-state index in [1.807, 2.05) is 19.1 Å². The smallest absolute Gasteiger partial charge is 0.228 e. The fourth-order valence-corrected chi connectivity index (χ4v) is 2.22. The maximum atomic E-state index is 5.34. The van der Waals surface area contributed by atoms with E-state index in [0.717, 1.165) is 37.1 Å². The summed E-state index contributed by atoms with van der Waals surface area (Å²) in [5, 5.41) is 7.47. The van der Waals surface area contributed by atoms with Crippen LogP contribution in [0.3, 0.4) is 0 Å². The molecule has 2 heterocycles. The van der Waals surface area contributed by atoms with Gasteiger partial charge in [-0.3, -0.25) is 4.98 Å². The summed E-state index contributed by atoms with van der Waals surface area (Å²) in [6.45, 7) is 7.26. The fraction of sp³-hybridized carbons (Fsp3) is 0.533. The van der Waals surface area contributed by atoms with Crippen molar-refractivity contribution in [3.8, 4) is 11.5 Å². The molecular formula is C15H22N4O. The number of aromatic nitrogens is 3. The van der Waals surface area contributed by atoms with Crippen LogP contribution in [0.5, 0.6) is 0 Å². The highest BCUT2D eigenvalue weighted by Crippen LogP contribution is 2.15. The van der Waals surface area contributed by atoms with Gasteiger partial charge in [0.15, 0.2) is 0 Å². The molecule has 2 aromatic rings. The molecule has 0 spiro atoms. The largest absolute Gasteiger partial charge is 0.339 e. The van der Waals surface area contributed by atoms with Crippen molar-refractivity contribution in [2.24, 2.45) is 0 Å². The summed E-state index contributed by atoms with van der Waals surface area (Å²) in [6.07, 6.45) is 4.77. The van der Waals surface area contributed by atoms with Crippen molar-refractivity contribution in [1.82, 2.24) is 20.4 Å². The molecule has 0 aliphatic heterocycles. The number of aryl methyl sites for hydroxylation is 1. The van der Waals surface area contributed by atoms with Crippen LogP contribution in [0.1, 0.15) is 38.1 Å². The van der Waals surface area contributed by atoms with Gasteiger partial charge >= 0.3 is 0 Å². The molecule has 0 saturated heterocycles. The zero-order valence-corrected chi connectivity index (χ0v) is 12.4. The number of likely N-dealkylation sites (N-methyl/N-ethyl adjacent to an activating group) is 1. The summed E-state index contributed by atoms with van der Waals surface area (Å²) < 4.78 is 5.34. The van der Waals surface area contributed by atoms with E-state index in [1.54, 1.807) is 6.20 Å². The minimum atomic E-state index is 0.392. The van der Waals surface area contributed by atoms with E-state index in [1.165, 1.54) is 0 Å². The van der Waals surface area contributed by atoms with Crippen LogP contribution in [-0.4, -0.2) is 27.7 Å². The predicted octanol–water partition coefficient (Wildman–Crippen LogP) is 2.76. The third-order valence-electron chi connectivity index (χ3n) is 3.16. The average molecular weight is 274 g/mol. The molecule has 1 atom stereocenters. The molecular weight excluding hydrogens is 252 g/mol. The summed E-state index contributed by atoms with van der Waals surface area (Å²) in [7, 11) is 0. The fourth-order valence-electron chi connectivity index (χ4n) is 2.22. The van der Waals surface area contributed by atoms with Crippen molar-refractivity contribution in [2.45, 2.75) is 46.1 Å². The van der Waals surface area contributed by atoms with Gasteiger partial charge in [0, 0.05) is 18.7 Å². The van der Waals surface area contributed by atoms with Crippen LogP contribution < -0.4 is 5.32 Å². The summed E-state index contributed by atoms with van der Waals surface area (Å²) in [5.41, 5.74) is 1.90. The lowest BCUT2D eigenvalue weighted by Crippen LogP contribution is -2.30. The Morgan fingerprint density at radius 1 is 1.35 bits per heavy atom. The number of hydrogen-bond acceptors (Lipinski definition) is 5. The van der Waals surface area contributed by atoms with Gasteiger partial charge in [-0.1, -0.05) is 25.4 Å². The second kappa shape index (κ2) is 7.14. The van der Waals surface area contributed by atoms with Crippen LogP contribution in [0, 0.1) is 6.92 Å². The van der Waals surface area contributed by atoms with Gasteiger partial charge in [0.25, 0.3) is 0 Å². The molecule has 2 rings (SSSR count). The summed E-state index contributed by atoms with van der Waals surface area (Å²) >= 11 is 0. The van der Waals surface area contributed by atoms with Gasteiger partial charge in [-0.15, -0.1) is 0 Å². The van der Waals surface area contributed by atoms with Crippen LogP contribution >= 0.6 is 0 Å². The molecule has 1 unspecified atom stereocenters. The minimum Gasteiger partial charge on any atom is -0.339 e. The van der Waals surface area contributed by atoms with E-state index in [2.05, 4.69) is 34.3 Å². The van der Waals surface area contributed by atoms with Crippen molar-refractivity contribution in [2.75, 3.05) is 6.54 Å². The molecule has 2 aromatic heterocycles. The van der Waals surface area contributed by atoms with Crippen LogP contribution in [0.25, 0.3) is 11.5 Å². The quantitative estimate of drug-likeness (QED) is 0.841. The maximum Gasteiger partial charge on any atom is 0.228 e. The van der Waals surface area contributed by atoms with Crippen molar-refractivity contribution >= 4 is 0 Å². The van der Waals surface area contributed by atoms with E-state index in [0.29, 0.717) is 17.8 Å². The highest BCUT2D eigenvalue weighted by Gasteiger charge is 2.14. The topological polar surface area (TPSA) is 63.8 Å². The molecule has 5 heteroatoms. The molecule has 0 aliphatic carbocycles. The predicted molar refractivity (Wildman–Crippen MR) is 78.3 cm³/mol. The molecule has 0 amide bonds. The second-order valence-corrected chi connectivity index (χ2v) is 4.98. The van der Waals surface area contributed by atoms with Crippen LogP contribution in [0.15, 0.2) is 22.9 Å². The first-order chi connectivity index (χ1) is 9.72. The van der Waals surface area contributed by atoms with E-state index < -0.39 is 0 Å². The first kappa shape index (κ1) is 14.7. The monoisotopic (exact) mass is 274 g/mol. The van der Waals surface area contributed by atoms with Gasteiger partial charge in [-0.2, -0.15) is 4.98 Å². The molecule has 0 bridgehead atoms. The molecule has 108 valence electrons. The molecule has 0 saturated carbocycles.